The largest absolute Gasteiger partial charge is 2.00 e. The number of para-hydroxylation sites is 3. The van der Waals surface area contributed by atoms with Gasteiger partial charge in [-0.15, -0.1) is 35.7 Å². The molecular formula is C45H37N5OPt. The Morgan fingerprint density at radius 1 is 0.654 bits per heavy atom. The summed E-state index contributed by atoms with van der Waals surface area (Å²) in [5.74, 6) is 2.06. The van der Waals surface area contributed by atoms with Gasteiger partial charge in [0.25, 0.3) is 0 Å². The first-order valence-corrected chi connectivity index (χ1v) is 17.6. The second-order valence-corrected chi connectivity index (χ2v) is 13.2. The van der Waals surface area contributed by atoms with E-state index in [9.17, 15) is 0 Å². The van der Waals surface area contributed by atoms with Crippen LogP contribution in [0.3, 0.4) is 0 Å². The number of pyridine rings is 1. The van der Waals surface area contributed by atoms with Gasteiger partial charge in [0.05, 0.1) is 22.4 Å². The van der Waals surface area contributed by atoms with Crippen LogP contribution in [0.15, 0.2) is 109 Å². The number of ether oxygens (including phenoxy) is 1. The third-order valence-electron chi connectivity index (χ3n) is 10.1. The van der Waals surface area contributed by atoms with Crippen LogP contribution in [0.25, 0.3) is 60.8 Å². The SMILES string of the molecule is CCc1cccc2c3cccc(CC)c3n(-c3ccnc(-n4c5[c-]c(Oc6[c-]c(-n7nc(C)cc7C)ccc6)ccc5c5ccccc54)c3C)c12.[Pt+2]. The molecule has 0 saturated carbocycles. The van der Waals surface area contributed by atoms with E-state index in [0.29, 0.717) is 11.5 Å². The van der Waals surface area contributed by atoms with E-state index in [-0.39, 0.29) is 21.1 Å². The van der Waals surface area contributed by atoms with E-state index in [0.717, 1.165) is 68.8 Å². The predicted octanol–water partition coefficient (Wildman–Crippen LogP) is 10.9. The Kier molecular flexibility index (Phi) is 8.59. The van der Waals surface area contributed by atoms with Crippen LogP contribution in [-0.4, -0.2) is 23.9 Å². The Hall–Kier alpha value is -5.45. The summed E-state index contributed by atoms with van der Waals surface area (Å²) in [7, 11) is 0. The molecule has 258 valence electrons. The van der Waals surface area contributed by atoms with Gasteiger partial charge in [0, 0.05) is 45.2 Å². The minimum atomic E-state index is 0. The number of rotatable bonds is 7. The predicted molar refractivity (Wildman–Crippen MR) is 207 cm³/mol. The maximum atomic E-state index is 6.45. The molecule has 0 unspecified atom stereocenters. The maximum Gasteiger partial charge on any atom is 2.00 e. The molecule has 0 spiro atoms. The van der Waals surface area contributed by atoms with Crippen LogP contribution in [0.2, 0.25) is 0 Å². The van der Waals surface area contributed by atoms with E-state index in [4.69, 9.17) is 9.72 Å². The van der Waals surface area contributed by atoms with Crippen molar-refractivity contribution in [1.29, 1.82) is 0 Å². The van der Waals surface area contributed by atoms with E-state index < -0.39 is 0 Å². The van der Waals surface area contributed by atoms with Crippen LogP contribution >= 0.6 is 0 Å². The summed E-state index contributed by atoms with van der Waals surface area (Å²) in [5, 5.41) is 9.42. The van der Waals surface area contributed by atoms with Crippen LogP contribution in [0.1, 0.15) is 41.9 Å². The maximum absolute atomic E-state index is 6.45. The van der Waals surface area contributed by atoms with E-state index in [2.05, 4.69) is 126 Å². The van der Waals surface area contributed by atoms with Gasteiger partial charge in [0.1, 0.15) is 5.82 Å². The first-order valence-electron chi connectivity index (χ1n) is 17.6. The number of benzene rings is 5. The zero-order valence-electron chi connectivity index (χ0n) is 29.8. The molecule has 0 atom stereocenters. The van der Waals surface area contributed by atoms with E-state index in [1.54, 1.807) is 0 Å². The van der Waals surface area contributed by atoms with Gasteiger partial charge in [-0.3, -0.25) is 4.68 Å². The van der Waals surface area contributed by atoms with Crippen molar-refractivity contribution in [2.45, 2.75) is 47.5 Å². The van der Waals surface area contributed by atoms with Gasteiger partial charge in [0.2, 0.25) is 0 Å². The third kappa shape index (κ3) is 5.28. The Morgan fingerprint density at radius 3 is 2.02 bits per heavy atom. The van der Waals surface area contributed by atoms with Crippen LogP contribution < -0.4 is 4.74 Å². The Balaban J connectivity index is 0.00000387. The average Bonchev–Trinajstić information content (AvgIpc) is 3.80. The molecule has 9 rings (SSSR count). The first-order chi connectivity index (χ1) is 24.9. The molecule has 0 aliphatic rings. The van der Waals surface area contributed by atoms with Crippen LogP contribution in [0, 0.1) is 32.9 Å². The fraction of sp³-hybridized carbons (Fsp3) is 0.156. The number of aromatic nitrogens is 5. The van der Waals surface area contributed by atoms with Gasteiger partial charge >= 0.3 is 21.1 Å². The number of nitrogens with zero attached hydrogens (tertiary/aromatic N) is 5. The van der Waals surface area contributed by atoms with E-state index in [1.165, 1.54) is 32.9 Å². The summed E-state index contributed by atoms with van der Waals surface area (Å²) < 4.78 is 13.1. The minimum absolute atomic E-state index is 0. The molecular weight excluding hydrogens is 822 g/mol. The van der Waals surface area contributed by atoms with Gasteiger partial charge in [-0.25, -0.2) is 4.98 Å². The van der Waals surface area contributed by atoms with Crippen LogP contribution in [-0.2, 0) is 33.9 Å². The molecule has 4 heterocycles. The van der Waals surface area contributed by atoms with Crippen molar-refractivity contribution in [1.82, 2.24) is 23.9 Å². The molecule has 4 aromatic heterocycles. The Bertz CT molecular complexity index is 2740. The standard InChI is InChI=1S/C45H37N5O.Pt/c1-6-31-13-10-18-38-39-19-11-14-32(7-2)44(39)49(43(31)38)40-23-24-46-45(30(40)5)48-41-20-9-8-17-36(41)37-22-21-35(27-42(37)48)51-34-16-12-15-33(26-34)50-29(4)25-28(3)47-50;/h8-25H,6-7H2,1-5H3;/q-2;+2. The molecule has 0 saturated heterocycles. The summed E-state index contributed by atoms with van der Waals surface area (Å²) in [4.78, 5) is 5.08. The minimum Gasteiger partial charge on any atom is -0.509 e. The van der Waals surface area contributed by atoms with E-state index in [1.807, 2.05) is 49.0 Å². The summed E-state index contributed by atoms with van der Waals surface area (Å²) in [6, 6.07) is 43.1. The molecule has 0 bridgehead atoms. The summed E-state index contributed by atoms with van der Waals surface area (Å²) in [6.45, 7) is 10.7. The van der Waals surface area contributed by atoms with Gasteiger partial charge in [-0.2, -0.15) is 17.2 Å². The molecule has 0 fully saturated rings. The monoisotopic (exact) mass is 858 g/mol. The zero-order valence-corrected chi connectivity index (χ0v) is 32.0. The molecule has 0 radical (unpaired) electrons. The zero-order chi connectivity index (χ0) is 34.8. The van der Waals surface area contributed by atoms with Crippen molar-refractivity contribution in [2.75, 3.05) is 0 Å². The van der Waals surface area contributed by atoms with Crippen molar-refractivity contribution in [2.24, 2.45) is 0 Å². The number of aryl methyl sites for hydroxylation is 4. The molecule has 0 aliphatic heterocycles. The third-order valence-corrected chi connectivity index (χ3v) is 10.1. The summed E-state index contributed by atoms with van der Waals surface area (Å²) in [6.07, 6.45) is 3.83. The van der Waals surface area contributed by atoms with Crippen LogP contribution in [0.5, 0.6) is 11.5 Å². The van der Waals surface area contributed by atoms with E-state index >= 15 is 0 Å². The molecule has 6 nitrogen and oxygen atoms in total. The second-order valence-electron chi connectivity index (χ2n) is 13.2. The Morgan fingerprint density at radius 2 is 1.33 bits per heavy atom. The fourth-order valence-electron chi connectivity index (χ4n) is 7.82. The molecule has 0 N–H and O–H groups in total. The van der Waals surface area contributed by atoms with Crippen LogP contribution in [0.4, 0.5) is 0 Å². The average molecular weight is 859 g/mol. The second kappa shape index (κ2) is 13.3. The van der Waals surface area contributed by atoms with Gasteiger partial charge in [-0.05, 0) is 74.0 Å². The normalized spacial score (nSPS) is 11.6. The molecule has 0 amide bonds. The summed E-state index contributed by atoms with van der Waals surface area (Å²) >= 11 is 0. The smallest absolute Gasteiger partial charge is 0.509 e. The van der Waals surface area contributed by atoms with Crippen molar-refractivity contribution in [3.63, 3.8) is 0 Å². The van der Waals surface area contributed by atoms with Crippen molar-refractivity contribution < 1.29 is 25.8 Å². The molecule has 5 aromatic carbocycles. The first kappa shape index (κ1) is 33.7. The molecule has 52 heavy (non-hydrogen) atoms. The fourth-order valence-corrected chi connectivity index (χ4v) is 7.82. The van der Waals surface area contributed by atoms with Gasteiger partial charge in [0.15, 0.2) is 0 Å². The van der Waals surface area contributed by atoms with Crippen molar-refractivity contribution in [3.8, 4) is 28.7 Å². The van der Waals surface area contributed by atoms with Crippen molar-refractivity contribution in [3.05, 3.63) is 150 Å². The molecule has 0 aliphatic carbocycles. The topological polar surface area (TPSA) is 49.8 Å². The molecule has 9 aromatic rings. The van der Waals surface area contributed by atoms with Crippen molar-refractivity contribution >= 4 is 43.6 Å². The van der Waals surface area contributed by atoms with Gasteiger partial charge in [-0.1, -0.05) is 74.0 Å². The Labute approximate surface area is 317 Å². The quantitative estimate of drug-likeness (QED) is 0.150. The number of hydrogen-bond acceptors (Lipinski definition) is 3. The molecule has 7 heteroatoms. The number of fused-ring (bicyclic) bond motifs is 6. The van der Waals surface area contributed by atoms with Gasteiger partial charge < -0.3 is 13.9 Å². The summed E-state index contributed by atoms with van der Waals surface area (Å²) in [5.41, 5.74) is 12.2. The number of hydrogen-bond donors (Lipinski definition) is 0.